The van der Waals surface area contributed by atoms with Crippen LogP contribution in [0.1, 0.15) is 0 Å². The Morgan fingerprint density at radius 1 is 0.882 bits per heavy atom. The van der Waals surface area contributed by atoms with Gasteiger partial charge >= 0.3 is 0 Å². The fourth-order valence-corrected chi connectivity index (χ4v) is 1.25. The number of anilines is 1. The Morgan fingerprint density at radius 3 is 1.88 bits per heavy atom. The van der Waals surface area contributed by atoms with Crippen LogP contribution in [0.2, 0.25) is 0 Å². The van der Waals surface area contributed by atoms with Crippen LogP contribution in [0, 0.1) is 10.8 Å². The highest BCUT2D eigenvalue weighted by Crippen LogP contribution is 2.19. The molecular formula is C12H11N3O2. The summed E-state index contributed by atoms with van der Waals surface area (Å²) >= 11 is 0. The van der Waals surface area contributed by atoms with Crippen LogP contribution in [0.5, 0.6) is 0 Å². The van der Waals surface area contributed by atoms with E-state index in [1.807, 2.05) is 30.3 Å². The first-order valence-corrected chi connectivity index (χ1v) is 4.52. The van der Waals surface area contributed by atoms with Gasteiger partial charge in [0.2, 0.25) is 12.2 Å². The number of nitrogens with two attached hydrogens (primary N) is 1. The molecular weight excluding hydrogens is 218 g/mol. The number of rotatable bonds is 0. The van der Waals surface area contributed by atoms with Gasteiger partial charge in [0.05, 0.1) is 0 Å². The SMILES string of the molecule is N=C=O.N=C=O.Nc1cccc2ccccc12. The second-order valence-corrected chi connectivity index (χ2v) is 2.77. The Labute approximate surface area is 97.9 Å². The molecule has 0 bridgehead atoms. The van der Waals surface area contributed by atoms with Crippen LogP contribution >= 0.6 is 0 Å². The first-order chi connectivity index (χ1) is 8.21. The topological polar surface area (TPSA) is 108 Å². The van der Waals surface area contributed by atoms with Crippen molar-refractivity contribution in [3.05, 3.63) is 42.5 Å². The average Bonchev–Trinajstić information content (AvgIpc) is 2.32. The van der Waals surface area contributed by atoms with Crippen LogP contribution in [-0.4, -0.2) is 12.2 Å². The van der Waals surface area contributed by atoms with Gasteiger partial charge in [0.15, 0.2) is 0 Å². The quantitative estimate of drug-likeness (QED) is 0.366. The molecule has 86 valence electrons. The normalized spacial score (nSPS) is 7.53. The molecule has 0 spiro atoms. The minimum atomic E-state index is 0.750. The molecule has 0 saturated carbocycles. The maximum Gasteiger partial charge on any atom is 0.231 e. The molecule has 5 nitrogen and oxygen atoms in total. The fraction of sp³-hybridized carbons (Fsp3) is 0. The van der Waals surface area contributed by atoms with Crippen molar-refractivity contribution in [1.29, 1.82) is 10.8 Å². The summed E-state index contributed by atoms with van der Waals surface area (Å²) in [4.78, 5) is 16.7. The maximum atomic E-state index is 8.35. The van der Waals surface area contributed by atoms with E-state index in [4.69, 9.17) is 26.1 Å². The highest BCUT2D eigenvalue weighted by molar-refractivity contribution is 5.92. The van der Waals surface area contributed by atoms with Crippen molar-refractivity contribution in [2.75, 3.05) is 5.73 Å². The van der Waals surface area contributed by atoms with Crippen LogP contribution in [0.25, 0.3) is 10.8 Å². The molecule has 0 aliphatic rings. The molecule has 17 heavy (non-hydrogen) atoms. The van der Waals surface area contributed by atoms with E-state index in [0.717, 1.165) is 23.2 Å². The number of hydrogen-bond acceptors (Lipinski definition) is 5. The molecule has 0 atom stereocenters. The molecule has 0 aliphatic carbocycles. The molecule has 0 saturated heterocycles. The van der Waals surface area contributed by atoms with E-state index < -0.39 is 0 Å². The largest absolute Gasteiger partial charge is 0.398 e. The third-order valence-electron chi connectivity index (χ3n) is 1.82. The standard InChI is InChI=1S/C10H9N.2CHNO/c11-10-7-3-5-8-4-1-2-6-9(8)10;2*2-1-3/h1-7H,11H2;2*2H. The van der Waals surface area contributed by atoms with Crippen LogP contribution in [-0.2, 0) is 9.59 Å². The molecule has 2 rings (SSSR count). The lowest BCUT2D eigenvalue weighted by atomic mass is 10.1. The predicted molar refractivity (Wildman–Crippen MR) is 65.2 cm³/mol. The monoisotopic (exact) mass is 229 g/mol. The smallest absolute Gasteiger partial charge is 0.231 e. The number of carbonyl (C=O) groups excluding carboxylic acids is 2. The van der Waals surface area contributed by atoms with Gasteiger partial charge in [-0.3, -0.25) is 0 Å². The van der Waals surface area contributed by atoms with Gasteiger partial charge in [0, 0.05) is 11.1 Å². The van der Waals surface area contributed by atoms with E-state index in [1.54, 1.807) is 0 Å². The van der Waals surface area contributed by atoms with Crippen LogP contribution in [0.15, 0.2) is 42.5 Å². The van der Waals surface area contributed by atoms with Crippen molar-refractivity contribution in [1.82, 2.24) is 0 Å². The van der Waals surface area contributed by atoms with Crippen molar-refractivity contribution in [2.24, 2.45) is 0 Å². The lowest BCUT2D eigenvalue weighted by Gasteiger charge is -1.98. The van der Waals surface area contributed by atoms with Crippen molar-refractivity contribution < 1.29 is 9.59 Å². The zero-order valence-corrected chi connectivity index (χ0v) is 8.94. The number of nitrogen functional groups attached to an aromatic ring is 1. The van der Waals surface area contributed by atoms with Crippen molar-refractivity contribution >= 4 is 28.6 Å². The molecule has 0 amide bonds. The van der Waals surface area contributed by atoms with Gasteiger partial charge in [-0.25, -0.2) is 20.4 Å². The molecule has 0 aromatic heterocycles. The van der Waals surface area contributed by atoms with Gasteiger partial charge in [-0.1, -0.05) is 36.4 Å². The second-order valence-electron chi connectivity index (χ2n) is 2.77. The average molecular weight is 229 g/mol. The zero-order chi connectivity index (χ0) is 13.1. The van der Waals surface area contributed by atoms with E-state index in [0.29, 0.717) is 0 Å². The Bertz CT molecular complexity index is 523. The maximum absolute atomic E-state index is 8.35. The highest BCUT2D eigenvalue weighted by Gasteiger charge is 1.92. The van der Waals surface area contributed by atoms with Gasteiger partial charge in [-0.2, -0.15) is 0 Å². The summed E-state index contributed by atoms with van der Waals surface area (Å²) in [5, 5.41) is 13.1. The zero-order valence-electron chi connectivity index (χ0n) is 8.94. The van der Waals surface area contributed by atoms with E-state index in [1.165, 1.54) is 5.39 Å². The minimum absolute atomic E-state index is 0.750. The number of nitrogens with one attached hydrogen (secondary N) is 2. The van der Waals surface area contributed by atoms with Crippen LogP contribution in [0.4, 0.5) is 5.69 Å². The number of fused-ring (bicyclic) bond motifs is 1. The second kappa shape index (κ2) is 8.56. The minimum Gasteiger partial charge on any atom is -0.398 e. The van der Waals surface area contributed by atoms with Gasteiger partial charge < -0.3 is 5.73 Å². The molecule has 0 aliphatic heterocycles. The van der Waals surface area contributed by atoms with Crippen molar-refractivity contribution in [3.63, 3.8) is 0 Å². The Morgan fingerprint density at radius 2 is 1.35 bits per heavy atom. The van der Waals surface area contributed by atoms with Gasteiger partial charge in [-0.05, 0) is 11.5 Å². The van der Waals surface area contributed by atoms with E-state index in [2.05, 4.69) is 12.1 Å². The number of hydrogen-bond donors (Lipinski definition) is 3. The molecule has 5 heteroatoms. The summed E-state index contributed by atoms with van der Waals surface area (Å²) in [6, 6.07) is 14.1. The molecule has 2 aromatic rings. The Hall–Kier alpha value is -2.74. The molecule has 0 radical (unpaired) electrons. The first-order valence-electron chi connectivity index (χ1n) is 4.52. The third kappa shape index (κ3) is 5.04. The molecule has 0 heterocycles. The lowest BCUT2D eigenvalue weighted by molar-refractivity contribution is 0.562. The molecule has 4 N–H and O–H groups in total. The summed E-state index contributed by atoms with van der Waals surface area (Å²) in [7, 11) is 0. The summed E-state index contributed by atoms with van der Waals surface area (Å²) in [5.41, 5.74) is 6.61. The summed E-state index contributed by atoms with van der Waals surface area (Å²) < 4.78 is 0. The summed E-state index contributed by atoms with van der Waals surface area (Å²) in [6.45, 7) is 0. The molecule has 0 fully saturated rings. The number of benzene rings is 2. The Balaban J connectivity index is 0.000000366. The summed E-state index contributed by atoms with van der Waals surface area (Å²) in [5.74, 6) is 0. The fourth-order valence-electron chi connectivity index (χ4n) is 1.25. The Kier molecular flexibility index (Phi) is 7.18. The molecule has 2 aromatic carbocycles. The van der Waals surface area contributed by atoms with Crippen molar-refractivity contribution in [3.8, 4) is 0 Å². The predicted octanol–water partition coefficient (Wildman–Crippen LogP) is 2.22. The van der Waals surface area contributed by atoms with E-state index in [-0.39, 0.29) is 0 Å². The van der Waals surface area contributed by atoms with E-state index in [9.17, 15) is 0 Å². The van der Waals surface area contributed by atoms with Crippen molar-refractivity contribution in [2.45, 2.75) is 0 Å². The molecule has 0 unspecified atom stereocenters. The highest BCUT2D eigenvalue weighted by atomic mass is 16.1. The van der Waals surface area contributed by atoms with Crippen LogP contribution in [0.3, 0.4) is 0 Å². The third-order valence-corrected chi connectivity index (χ3v) is 1.82. The van der Waals surface area contributed by atoms with Gasteiger partial charge in [-0.15, -0.1) is 0 Å². The van der Waals surface area contributed by atoms with E-state index >= 15 is 0 Å². The van der Waals surface area contributed by atoms with Gasteiger partial charge in [0.1, 0.15) is 0 Å². The van der Waals surface area contributed by atoms with Gasteiger partial charge in [0.25, 0.3) is 0 Å². The lowest BCUT2D eigenvalue weighted by Crippen LogP contribution is -1.84. The summed E-state index contributed by atoms with van der Waals surface area (Å²) in [6.07, 6.45) is 1.50. The van der Waals surface area contributed by atoms with Crippen LogP contribution < -0.4 is 5.73 Å². The first kappa shape index (κ1) is 14.3. The number of isocyanates is 2.